The van der Waals surface area contributed by atoms with Gasteiger partial charge in [-0.2, -0.15) is 0 Å². The number of methoxy groups -OCH3 is 3. The summed E-state index contributed by atoms with van der Waals surface area (Å²) in [5.74, 6) is 2.10. The van der Waals surface area contributed by atoms with Crippen molar-refractivity contribution in [3.8, 4) is 23.0 Å². The number of rotatable bonds is 6. The van der Waals surface area contributed by atoms with E-state index in [1.165, 1.54) is 7.11 Å². The third-order valence-electron chi connectivity index (χ3n) is 3.30. The molecule has 0 spiro atoms. The molecule has 0 aliphatic heterocycles. The summed E-state index contributed by atoms with van der Waals surface area (Å²) in [5.41, 5.74) is 0.454. The summed E-state index contributed by atoms with van der Waals surface area (Å²) in [4.78, 5) is 12.5. The molecule has 0 atom stereocenters. The molecule has 0 saturated carbocycles. The zero-order valence-corrected chi connectivity index (χ0v) is 13.6. The van der Waals surface area contributed by atoms with E-state index in [0.717, 1.165) is 0 Å². The molecule has 0 N–H and O–H groups in total. The zero-order chi connectivity index (χ0) is 16.8. The molecule has 2 aromatic rings. The Balaban J connectivity index is 2.34. The molecule has 0 radical (unpaired) electrons. The Bertz CT molecular complexity index is 734. The van der Waals surface area contributed by atoms with E-state index in [0.29, 0.717) is 28.6 Å². The number of ketones is 2. The molecule has 120 valence electrons. The Kier molecular flexibility index (Phi) is 5.36. The van der Waals surface area contributed by atoms with Crippen LogP contribution in [0.1, 0.15) is 17.3 Å². The van der Waals surface area contributed by atoms with Crippen molar-refractivity contribution in [1.82, 2.24) is 0 Å². The lowest BCUT2D eigenvalue weighted by Gasteiger charge is -2.07. The fraction of sp³-hybridized carbons (Fsp3) is 0.222. The second-order valence-electron chi connectivity index (χ2n) is 4.71. The molecule has 0 heterocycles. The maximum Gasteiger partial charge on any atom is 0.394 e. The fourth-order valence-corrected chi connectivity index (χ4v) is 2.10. The van der Waals surface area contributed by atoms with Crippen LogP contribution in [-0.4, -0.2) is 32.9 Å². The van der Waals surface area contributed by atoms with Gasteiger partial charge in [0.1, 0.15) is 0 Å². The number of benzene rings is 2. The second-order valence-corrected chi connectivity index (χ2v) is 4.71. The predicted octanol–water partition coefficient (Wildman–Crippen LogP) is 3.43. The standard InChI is InChI=1S/C18H19O5/c1-12(23-16-8-6-5-7-14(16)20-2)18(19)13-9-10-15(21-3)17(11-13)22-4/h5-11H,1-4H3/q+1. The van der Waals surface area contributed by atoms with Crippen molar-refractivity contribution in [2.45, 2.75) is 6.92 Å². The molecular weight excluding hydrogens is 296 g/mol. The highest BCUT2D eigenvalue weighted by Gasteiger charge is 2.23. The van der Waals surface area contributed by atoms with E-state index in [1.807, 2.05) is 12.1 Å². The monoisotopic (exact) mass is 315 g/mol. The molecule has 2 aromatic carbocycles. The van der Waals surface area contributed by atoms with Gasteiger partial charge in [-0.05, 0) is 24.3 Å². The van der Waals surface area contributed by atoms with Gasteiger partial charge in [-0.25, -0.2) is 4.42 Å². The summed E-state index contributed by atoms with van der Waals surface area (Å²) in [5, 5.41) is 0. The van der Waals surface area contributed by atoms with E-state index in [-0.39, 0.29) is 11.6 Å². The molecule has 0 saturated heterocycles. The van der Waals surface area contributed by atoms with Crippen LogP contribution in [0.2, 0.25) is 0 Å². The number of carbonyl (C=O) groups is 1. The minimum Gasteiger partial charge on any atom is -0.493 e. The first kappa shape index (κ1) is 16.5. The molecule has 5 nitrogen and oxygen atoms in total. The lowest BCUT2D eigenvalue weighted by Crippen LogP contribution is -2.12. The van der Waals surface area contributed by atoms with E-state index < -0.39 is 0 Å². The first-order chi connectivity index (χ1) is 11.1. The van der Waals surface area contributed by atoms with Crippen LogP contribution in [-0.2, 0) is 4.42 Å². The van der Waals surface area contributed by atoms with Crippen molar-refractivity contribution >= 4 is 11.6 Å². The van der Waals surface area contributed by atoms with Crippen molar-refractivity contribution in [2.24, 2.45) is 0 Å². The first-order valence-corrected chi connectivity index (χ1v) is 7.01. The van der Waals surface area contributed by atoms with Crippen LogP contribution in [0.25, 0.3) is 0 Å². The second kappa shape index (κ2) is 7.45. The molecule has 0 fully saturated rings. The van der Waals surface area contributed by atoms with Crippen LogP contribution in [0.15, 0.2) is 42.5 Å². The van der Waals surface area contributed by atoms with Crippen molar-refractivity contribution in [1.29, 1.82) is 0 Å². The third kappa shape index (κ3) is 3.69. The summed E-state index contributed by atoms with van der Waals surface area (Å²) in [6, 6.07) is 12.1. The van der Waals surface area contributed by atoms with Crippen LogP contribution in [0, 0.1) is 0 Å². The average molecular weight is 315 g/mol. The Morgan fingerprint density at radius 3 is 2.17 bits per heavy atom. The van der Waals surface area contributed by atoms with E-state index in [2.05, 4.69) is 0 Å². The maximum absolute atomic E-state index is 12.5. The molecule has 5 heteroatoms. The highest BCUT2D eigenvalue weighted by Crippen LogP contribution is 2.29. The molecule has 0 aliphatic carbocycles. The van der Waals surface area contributed by atoms with E-state index in [9.17, 15) is 4.79 Å². The predicted molar refractivity (Wildman–Crippen MR) is 87.0 cm³/mol. The number of para-hydroxylation sites is 2. The number of hydrogen-bond acceptors (Lipinski definition) is 4. The maximum atomic E-state index is 12.5. The van der Waals surface area contributed by atoms with Gasteiger partial charge in [-0.1, -0.05) is 12.1 Å². The molecule has 0 aliphatic rings. The molecule has 0 bridgehead atoms. The average Bonchev–Trinajstić information content (AvgIpc) is 2.60. The minimum atomic E-state index is -0.239. The summed E-state index contributed by atoms with van der Waals surface area (Å²) in [6.07, 6.45) is 0. The van der Waals surface area contributed by atoms with Gasteiger partial charge in [0.15, 0.2) is 11.5 Å². The molecule has 0 unspecified atom stereocenters. The lowest BCUT2D eigenvalue weighted by molar-refractivity contribution is -0.366. The first-order valence-electron chi connectivity index (χ1n) is 7.01. The third-order valence-corrected chi connectivity index (χ3v) is 3.30. The van der Waals surface area contributed by atoms with Crippen molar-refractivity contribution in [3.63, 3.8) is 0 Å². The Morgan fingerprint density at radius 2 is 1.52 bits per heavy atom. The minimum absolute atomic E-state index is 0.238. The van der Waals surface area contributed by atoms with Crippen LogP contribution in [0.5, 0.6) is 23.0 Å². The van der Waals surface area contributed by atoms with Crippen LogP contribution in [0.4, 0.5) is 0 Å². The normalized spacial score (nSPS) is 11.0. The smallest absolute Gasteiger partial charge is 0.394 e. The lowest BCUT2D eigenvalue weighted by atomic mass is 10.1. The van der Waals surface area contributed by atoms with E-state index in [4.69, 9.17) is 18.6 Å². The summed E-state index contributed by atoms with van der Waals surface area (Å²) < 4.78 is 21.2. The quantitative estimate of drug-likeness (QED) is 0.465. The number of hydrogen-bond donors (Lipinski definition) is 0. The van der Waals surface area contributed by atoms with Gasteiger partial charge >= 0.3 is 11.5 Å². The highest BCUT2D eigenvalue weighted by molar-refractivity contribution is 6.43. The molecule has 0 amide bonds. The van der Waals surface area contributed by atoms with Gasteiger partial charge in [0, 0.05) is 11.6 Å². The number of Topliss-reactive ketones (excluding diaryl/α,β-unsaturated/α-hetero) is 1. The van der Waals surface area contributed by atoms with Gasteiger partial charge in [0.2, 0.25) is 5.75 Å². The van der Waals surface area contributed by atoms with Gasteiger partial charge in [-0.15, -0.1) is 0 Å². The van der Waals surface area contributed by atoms with Crippen molar-refractivity contribution in [3.05, 3.63) is 48.0 Å². The summed E-state index contributed by atoms with van der Waals surface area (Å²) >= 11 is 0. The largest absolute Gasteiger partial charge is 0.493 e. The van der Waals surface area contributed by atoms with Crippen molar-refractivity contribution in [2.75, 3.05) is 21.3 Å². The van der Waals surface area contributed by atoms with Gasteiger partial charge in [0.25, 0.3) is 5.78 Å². The van der Waals surface area contributed by atoms with Gasteiger partial charge in [-0.3, -0.25) is 4.79 Å². The summed E-state index contributed by atoms with van der Waals surface area (Å²) in [6.45, 7) is 1.62. The molecule has 0 aromatic heterocycles. The Labute approximate surface area is 135 Å². The zero-order valence-electron chi connectivity index (χ0n) is 13.6. The molecule has 2 rings (SSSR count). The van der Waals surface area contributed by atoms with Crippen LogP contribution in [0.3, 0.4) is 0 Å². The number of carbonyl (C=O) groups excluding carboxylic acids is 2. The van der Waals surface area contributed by atoms with Crippen LogP contribution >= 0.6 is 0 Å². The number of ether oxygens (including phenoxy) is 3. The van der Waals surface area contributed by atoms with Crippen LogP contribution < -0.4 is 14.2 Å². The topological polar surface area (TPSA) is 56.1 Å². The van der Waals surface area contributed by atoms with Crippen molar-refractivity contribution < 1.29 is 23.4 Å². The van der Waals surface area contributed by atoms with Gasteiger partial charge in [0.05, 0.1) is 28.3 Å². The molecular formula is C18H19O5+. The van der Waals surface area contributed by atoms with E-state index in [1.54, 1.807) is 51.5 Å². The Hall–Kier alpha value is -2.82. The SMILES string of the molecule is COc1ccc(C(=O)C(C)=[O+]c2ccccc2OC)cc1OC. The Morgan fingerprint density at radius 1 is 0.870 bits per heavy atom. The fourth-order valence-electron chi connectivity index (χ4n) is 2.10. The highest BCUT2D eigenvalue weighted by atomic mass is 16.5. The summed E-state index contributed by atoms with van der Waals surface area (Å²) in [7, 11) is 4.61. The van der Waals surface area contributed by atoms with E-state index >= 15 is 0 Å². The van der Waals surface area contributed by atoms with Gasteiger partial charge < -0.3 is 14.2 Å². The molecule has 23 heavy (non-hydrogen) atoms.